The summed E-state index contributed by atoms with van der Waals surface area (Å²) in [6.07, 6.45) is 17.3. The van der Waals surface area contributed by atoms with Gasteiger partial charge in [-0.3, -0.25) is 0 Å². The van der Waals surface area contributed by atoms with E-state index >= 15 is 0 Å². The van der Waals surface area contributed by atoms with Crippen LogP contribution in [0.5, 0.6) is 0 Å². The average Bonchev–Trinajstić information content (AvgIpc) is 3.24. The van der Waals surface area contributed by atoms with Crippen molar-refractivity contribution < 1.29 is 19.1 Å². The number of nitrogens with zero attached hydrogens (tertiary/aromatic N) is 1. The van der Waals surface area contributed by atoms with Crippen LogP contribution < -0.4 is 10.4 Å². The number of amides is 1. The van der Waals surface area contributed by atoms with Crippen LogP contribution in [0, 0.1) is 46.3 Å². The van der Waals surface area contributed by atoms with Crippen LogP contribution in [-0.2, 0) is 4.74 Å². The number of alkyl carbamates (subject to hydrolysis) is 1. The lowest BCUT2D eigenvalue weighted by Gasteiger charge is -2.58. The number of carbonyl (C=O) groups is 1. The van der Waals surface area contributed by atoms with Gasteiger partial charge in [0.15, 0.2) is 0 Å². The number of allylic oxidation sites excluding steroid dienone is 1. The fraction of sp³-hybridized carbons (Fsp3) is 0.914. The zero-order valence-electron chi connectivity index (χ0n) is 27.1. The Morgan fingerprint density at radius 3 is 2.55 bits per heavy atom. The molecule has 0 unspecified atom stereocenters. The van der Waals surface area contributed by atoms with Crippen molar-refractivity contribution >= 4 is 6.09 Å². The second-order valence-electron chi connectivity index (χ2n) is 15.9. The van der Waals surface area contributed by atoms with Crippen molar-refractivity contribution in [2.45, 2.75) is 118 Å². The Morgan fingerprint density at radius 2 is 1.82 bits per heavy atom. The molecule has 3 fully saturated rings. The van der Waals surface area contributed by atoms with Gasteiger partial charge < -0.3 is 19.6 Å². The number of ether oxygens (including phenoxy) is 1. The molecule has 0 heterocycles. The van der Waals surface area contributed by atoms with Gasteiger partial charge in [0.05, 0.1) is 27.2 Å². The van der Waals surface area contributed by atoms with Gasteiger partial charge >= 0.3 is 6.09 Å². The molecular formula is C35H62N2O3. The van der Waals surface area contributed by atoms with E-state index in [1.807, 2.05) is 0 Å². The molecular weight excluding hydrogens is 496 g/mol. The predicted octanol–water partition coefficient (Wildman–Crippen LogP) is 6.95. The molecule has 1 N–H and O–H groups in total. The third-order valence-electron chi connectivity index (χ3n) is 12.4. The first kappa shape index (κ1) is 31.9. The van der Waals surface area contributed by atoms with Gasteiger partial charge in [-0.05, 0) is 91.3 Å². The van der Waals surface area contributed by atoms with E-state index in [0.717, 1.165) is 67.7 Å². The molecule has 5 heteroatoms. The number of carbonyl (C=O) groups excluding carboxylic acids is 1. The van der Waals surface area contributed by atoms with Gasteiger partial charge in [-0.2, -0.15) is 0 Å². The topological polar surface area (TPSA) is 61.4 Å². The number of nitrogens with one attached hydrogen (secondary N) is 1. The summed E-state index contributed by atoms with van der Waals surface area (Å²) in [4.78, 5) is 12.6. The largest absolute Gasteiger partial charge is 0.850 e. The van der Waals surface area contributed by atoms with E-state index in [1.165, 1.54) is 51.4 Å². The second kappa shape index (κ2) is 13.1. The Hall–Kier alpha value is -1.07. The quantitative estimate of drug-likeness (QED) is 0.160. The van der Waals surface area contributed by atoms with Crippen molar-refractivity contribution in [1.29, 1.82) is 0 Å². The molecule has 0 radical (unpaired) electrons. The highest BCUT2D eigenvalue weighted by Crippen LogP contribution is 2.67. The molecule has 0 saturated heterocycles. The molecule has 0 spiro atoms. The molecule has 3 saturated carbocycles. The van der Waals surface area contributed by atoms with Crippen LogP contribution in [0.4, 0.5) is 4.79 Å². The Labute approximate surface area is 246 Å². The zero-order chi connectivity index (χ0) is 29.1. The van der Waals surface area contributed by atoms with Crippen molar-refractivity contribution in [3.8, 4) is 0 Å². The molecule has 0 aliphatic heterocycles. The predicted molar refractivity (Wildman–Crippen MR) is 163 cm³/mol. The summed E-state index contributed by atoms with van der Waals surface area (Å²) >= 11 is 0. The maximum atomic E-state index is 12.6. The van der Waals surface area contributed by atoms with Gasteiger partial charge in [0.25, 0.3) is 0 Å². The number of rotatable bonds is 12. The van der Waals surface area contributed by atoms with Crippen LogP contribution in [0.3, 0.4) is 0 Å². The normalized spacial score (nSPS) is 36.3. The van der Waals surface area contributed by atoms with E-state index < -0.39 is 0 Å². The van der Waals surface area contributed by atoms with Gasteiger partial charge in [-0.1, -0.05) is 72.1 Å². The van der Waals surface area contributed by atoms with Gasteiger partial charge in [-0.15, -0.1) is 0 Å². The Morgan fingerprint density at radius 1 is 1.05 bits per heavy atom. The molecule has 0 bridgehead atoms. The minimum atomic E-state index is -0.273. The van der Waals surface area contributed by atoms with Gasteiger partial charge in [0.2, 0.25) is 0 Å². The first-order chi connectivity index (χ1) is 18.9. The minimum absolute atomic E-state index is 0.0000309. The van der Waals surface area contributed by atoms with Gasteiger partial charge in [0, 0.05) is 19.4 Å². The smallest absolute Gasteiger partial charge is 0.407 e. The summed E-state index contributed by atoms with van der Waals surface area (Å²) in [7, 11) is 4.15. The highest BCUT2D eigenvalue weighted by atomic mass is 16.6. The summed E-state index contributed by atoms with van der Waals surface area (Å²) in [5.74, 6) is 5.11. The lowest BCUT2D eigenvalue weighted by atomic mass is 9.47. The van der Waals surface area contributed by atoms with E-state index in [4.69, 9.17) is 4.74 Å². The average molecular weight is 559 g/mol. The van der Waals surface area contributed by atoms with Crippen molar-refractivity contribution in [3.05, 3.63) is 11.6 Å². The van der Waals surface area contributed by atoms with Crippen LogP contribution in [-0.4, -0.2) is 57.0 Å². The Bertz CT molecular complexity index is 884. The monoisotopic (exact) mass is 558 g/mol. The SMILES string of the molecule is CC(C)CCC[C@@H](C)[C@H]1CC[C@H]2[C@@H]3CC=C4C[C@@H](OC(=O)NCCC[N+](C)(C)CC[O-])CC[C@]4(C)[C@H]3CC[C@]12C. The minimum Gasteiger partial charge on any atom is -0.850 e. The molecule has 4 aliphatic rings. The molecule has 8 atom stereocenters. The van der Waals surface area contributed by atoms with E-state index in [-0.39, 0.29) is 24.2 Å². The molecule has 0 aromatic rings. The van der Waals surface area contributed by atoms with E-state index in [1.54, 1.807) is 5.57 Å². The molecule has 4 rings (SSSR count). The number of likely N-dealkylation sites (N-methyl/N-ethyl adjacent to an activating group) is 1. The lowest BCUT2D eigenvalue weighted by Crippen LogP contribution is -2.51. The standard InChI is InChI=1S/C35H62N2O3/c1-25(2)10-8-11-26(3)30-14-15-31-29-13-12-27-24-28(16-18-34(27,4)32(29)17-19-35(30,31)5)40-33(39)36-20-9-21-37(6,7)22-23-38/h12,25-26,28-32H,8-11,13-24H2,1-7H3,(H,36,39)/t26-,28+,29+,30-,31+,32+,34+,35-/m1/s1. The maximum absolute atomic E-state index is 12.6. The summed E-state index contributed by atoms with van der Waals surface area (Å²) in [5, 5.41) is 13.9. The number of quaternary nitrogens is 1. The fourth-order valence-electron chi connectivity index (χ4n) is 10.0. The van der Waals surface area contributed by atoms with Crippen LogP contribution in [0.15, 0.2) is 11.6 Å². The first-order valence-electron chi connectivity index (χ1n) is 16.9. The summed E-state index contributed by atoms with van der Waals surface area (Å²) < 4.78 is 6.63. The van der Waals surface area contributed by atoms with Crippen LogP contribution in [0.25, 0.3) is 0 Å². The third-order valence-corrected chi connectivity index (χ3v) is 12.4. The van der Waals surface area contributed by atoms with Gasteiger partial charge in [0.1, 0.15) is 6.10 Å². The van der Waals surface area contributed by atoms with Crippen molar-refractivity contribution in [3.63, 3.8) is 0 Å². The fourth-order valence-corrected chi connectivity index (χ4v) is 10.0. The Balaban J connectivity index is 1.30. The maximum Gasteiger partial charge on any atom is 0.407 e. The van der Waals surface area contributed by atoms with Crippen molar-refractivity contribution in [1.82, 2.24) is 5.32 Å². The van der Waals surface area contributed by atoms with Gasteiger partial charge in [-0.25, -0.2) is 4.79 Å². The second-order valence-corrected chi connectivity index (χ2v) is 15.9. The first-order valence-corrected chi connectivity index (χ1v) is 16.9. The summed E-state index contributed by atoms with van der Waals surface area (Å²) in [5.41, 5.74) is 2.39. The molecule has 5 nitrogen and oxygen atoms in total. The van der Waals surface area contributed by atoms with Crippen molar-refractivity contribution in [2.75, 3.05) is 40.3 Å². The van der Waals surface area contributed by atoms with E-state index in [2.05, 4.69) is 60.1 Å². The molecule has 4 aliphatic carbocycles. The molecule has 0 aromatic carbocycles. The number of hydrogen-bond donors (Lipinski definition) is 1. The van der Waals surface area contributed by atoms with E-state index in [0.29, 0.717) is 23.0 Å². The summed E-state index contributed by atoms with van der Waals surface area (Å²) in [6.45, 7) is 14.6. The number of fused-ring (bicyclic) bond motifs is 5. The van der Waals surface area contributed by atoms with E-state index in [9.17, 15) is 9.90 Å². The molecule has 40 heavy (non-hydrogen) atoms. The Kier molecular flexibility index (Phi) is 10.4. The molecule has 230 valence electrons. The number of hydrogen-bond acceptors (Lipinski definition) is 3. The third kappa shape index (κ3) is 6.93. The highest BCUT2D eigenvalue weighted by molar-refractivity contribution is 5.67. The van der Waals surface area contributed by atoms with Crippen LogP contribution in [0.2, 0.25) is 0 Å². The van der Waals surface area contributed by atoms with Crippen LogP contribution in [0.1, 0.15) is 112 Å². The molecule has 1 amide bonds. The van der Waals surface area contributed by atoms with Crippen LogP contribution >= 0.6 is 0 Å². The molecule has 0 aromatic heterocycles. The van der Waals surface area contributed by atoms with Crippen molar-refractivity contribution in [2.24, 2.45) is 46.3 Å². The lowest BCUT2D eigenvalue weighted by molar-refractivity contribution is -0.895. The summed E-state index contributed by atoms with van der Waals surface area (Å²) in [6, 6.07) is 0. The zero-order valence-corrected chi connectivity index (χ0v) is 27.1. The highest BCUT2D eigenvalue weighted by Gasteiger charge is 2.59.